The summed E-state index contributed by atoms with van der Waals surface area (Å²) >= 11 is 0. The van der Waals surface area contributed by atoms with E-state index in [0.29, 0.717) is 12.3 Å². The first-order valence-electron chi connectivity index (χ1n) is 3.31. The summed E-state index contributed by atoms with van der Waals surface area (Å²) in [4.78, 5) is 0. The van der Waals surface area contributed by atoms with Crippen LogP contribution in [0, 0.1) is 0 Å². The van der Waals surface area contributed by atoms with Crippen LogP contribution in [0.4, 0.5) is 0 Å². The zero-order valence-corrected chi connectivity index (χ0v) is 8.75. The molecule has 3 N–H and O–H groups in total. The molecule has 56 valence electrons. The van der Waals surface area contributed by atoms with E-state index in [1.165, 1.54) is 5.56 Å². The van der Waals surface area contributed by atoms with E-state index in [2.05, 4.69) is 0 Å². The standard InChI is InChI=1S/C8H11NO.Na.H/c9-6-5-7-1-3-8(10)4-2-7;;/h1-4,10H,5-6,9H2;;/q;+1;-1. The first kappa shape index (κ1) is 11.0. The molecule has 0 aromatic heterocycles. The average molecular weight is 161 g/mol. The van der Waals surface area contributed by atoms with E-state index in [0.717, 1.165) is 6.42 Å². The maximum atomic E-state index is 8.89. The van der Waals surface area contributed by atoms with Crippen molar-refractivity contribution in [2.45, 2.75) is 6.42 Å². The van der Waals surface area contributed by atoms with E-state index in [4.69, 9.17) is 10.8 Å². The Hall–Kier alpha value is -0.0200. The predicted octanol–water partition coefficient (Wildman–Crippen LogP) is -1.99. The third-order valence-electron chi connectivity index (χ3n) is 1.37. The van der Waals surface area contributed by atoms with Crippen molar-refractivity contribution in [2.24, 2.45) is 5.73 Å². The molecule has 0 radical (unpaired) electrons. The molecule has 0 atom stereocenters. The van der Waals surface area contributed by atoms with E-state index in [1.54, 1.807) is 12.1 Å². The van der Waals surface area contributed by atoms with Crippen LogP contribution in [-0.2, 0) is 6.42 Å². The van der Waals surface area contributed by atoms with Gasteiger partial charge in [0.1, 0.15) is 5.75 Å². The molecule has 2 nitrogen and oxygen atoms in total. The van der Waals surface area contributed by atoms with Crippen molar-refractivity contribution < 1.29 is 36.1 Å². The SMILES string of the molecule is NCCc1ccc(O)cc1.[H-].[Na+]. The number of benzene rings is 1. The van der Waals surface area contributed by atoms with Gasteiger partial charge in [0.2, 0.25) is 0 Å². The minimum absolute atomic E-state index is 0. The van der Waals surface area contributed by atoms with E-state index in [9.17, 15) is 0 Å². The number of nitrogens with two attached hydrogens (primary N) is 1. The van der Waals surface area contributed by atoms with Crippen LogP contribution in [-0.4, -0.2) is 11.7 Å². The molecular formula is C8H12NNaO. The molecule has 0 unspecified atom stereocenters. The summed E-state index contributed by atoms with van der Waals surface area (Å²) < 4.78 is 0. The van der Waals surface area contributed by atoms with Gasteiger partial charge >= 0.3 is 29.6 Å². The number of rotatable bonds is 2. The Labute approximate surface area is 90.2 Å². The first-order valence-corrected chi connectivity index (χ1v) is 3.31. The molecule has 0 bridgehead atoms. The molecule has 3 heteroatoms. The van der Waals surface area contributed by atoms with Gasteiger partial charge in [0.15, 0.2) is 0 Å². The van der Waals surface area contributed by atoms with Crippen LogP contribution in [0.3, 0.4) is 0 Å². The molecule has 0 heterocycles. The number of aromatic hydroxyl groups is 1. The normalized spacial score (nSPS) is 8.82. The molecule has 0 aliphatic heterocycles. The van der Waals surface area contributed by atoms with Gasteiger partial charge in [0, 0.05) is 0 Å². The molecule has 1 rings (SSSR count). The van der Waals surface area contributed by atoms with Crippen molar-refractivity contribution >= 4 is 0 Å². The maximum absolute atomic E-state index is 8.89. The quantitative estimate of drug-likeness (QED) is 0.493. The van der Waals surface area contributed by atoms with Gasteiger partial charge in [0.25, 0.3) is 0 Å². The molecule has 0 saturated carbocycles. The van der Waals surface area contributed by atoms with Crippen LogP contribution >= 0.6 is 0 Å². The van der Waals surface area contributed by atoms with E-state index >= 15 is 0 Å². The minimum atomic E-state index is 0. The summed E-state index contributed by atoms with van der Waals surface area (Å²) in [5.41, 5.74) is 6.50. The van der Waals surface area contributed by atoms with Crippen LogP contribution in [0.25, 0.3) is 0 Å². The summed E-state index contributed by atoms with van der Waals surface area (Å²) in [6, 6.07) is 7.10. The predicted molar refractivity (Wildman–Crippen MR) is 42.0 cm³/mol. The van der Waals surface area contributed by atoms with Crippen molar-refractivity contribution in [1.29, 1.82) is 0 Å². The van der Waals surface area contributed by atoms with E-state index in [1.807, 2.05) is 12.1 Å². The third-order valence-corrected chi connectivity index (χ3v) is 1.37. The van der Waals surface area contributed by atoms with Gasteiger partial charge in [-0.25, -0.2) is 0 Å². The summed E-state index contributed by atoms with van der Waals surface area (Å²) in [7, 11) is 0. The second-order valence-corrected chi connectivity index (χ2v) is 2.21. The van der Waals surface area contributed by atoms with Gasteiger partial charge < -0.3 is 12.3 Å². The largest absolute Gasteiger partial charge is 1.00 e. The molecule has 11 heavy (non-hydrogen) atoms. The van der Waals surface area contributed by atoms with Crippen LogP contribution in [0.15, 0.2) is 24.3 Å². The Morgan fingerprint density at radius 1 is 1.27 bits per heavy atom. The van der Waals surface area contributed by atoms with E-state index in [-0.39, 0.29) is 31.0 Å². The van der Waals surface area contributed by atoms with E-state index < -0.39 is 0 Å². The number of hydrogen-bond donors (Lipinski definition) is 2. The Morgan fingerprint density at radius 3 is 2.27 bits per heavy atom. The fraction of sp³-hybridized carbons (Fsp3) is 0.250. The molecule has 1 aromatic rings. The van der Waals surface area contributed by atoms with Crippen molar-refractivity contribution in [1.82, 2.24) is 0 Å². The zero-order chi connectivity index (χ0) is 7.40. The monoisotopic (exact) mass is 161 g/mol. The fourth-order valence-electron chi connectivity index (χ4n) is 0.829. The Morgan fingerprint density at radius 2 is 1.82 bits per heavy atom. The minimum Gasteiger partial charge on any atom is -1.00 e. The Bertz CT molecular complexity index is 203. The van der Waals surface area contributed by atoms with Gasteiger partial charge in [-0.3, -0.25) is 0 Å². The summed E-state index contributed by atoms with van der Waals surface area (Å²) in [6.45, 7) is 0.658. The second-order valence-electron chi connectivity index (χ2n) is 2.21. The first-order chi connectivity index (χ1) is 4.83. The molecule has 0 aliphatic carbocycles. The Kier molecular flexibility index (Phi) is 5.60. The van der Waals surface area contributed by atoms with Crippen molar-refractivity contribution in [3.05, 3.63) is 29.8 Å². The van der Waals surface area contributed by atoms with Gasteiger partial charge in [-0.15, -0.1) is 0 Å². The molecule has 1 aromatic carbocycles. The van der Waals surface area contributed by atoms with Crippen LogP contribution < -0.4 is 35.3 Å². The number of phenolic OH excluding ortho intramolecular Hbond substituents is 1. The molecule has 0 saturated heterocycles. The molecular weight excluding hydrogens is 149 g/mol. The van der Waals surface area contributed by atoms with Gasteiger partial charge in [-0.05, 0) is 30.7 Å². The maximum Gasteiger partial charge on any atom is 1.00 e. The van der Waals surface area contributed by atoms with Gasteiger partial charge in [0.05, 0.1) is 0 Å². The topological polar surface area (TPSA) is 46.2 Å². The summed E-state index contributed by atoms with van der Waals surface area (Å²) in [5, 5.41) is 8.89. The zero-order valence-electron chi connectivity index (χ0n) is 7.75. The number of hydrogen-bond acceptors (Lipinski definition) is 2. The van der Waals surface area contributed by atoms with Crippen molar-refractivity contribution in [3.63, 3.8) is 0 Å². The van der Waals surface area contributed by atoms with Crippen LogP contribution in [0.2, 0.25) is 0 Å². The summed E-state index contributed by atoms with van der Waals surface area (Å²) in [6.07, 6.45) is 0.875. The van der Waals surface area contributed by atoms with Gasteiger partial charge in [-0.1, -0.05) is 12.1 Å². The molecule has 0 spiro atoms. The second kappa shape index (κ2) is 5.61. The molecule has 0 fully saturated rings. The molecule has 0 amide bonds. The summed E-state index contributed by atoms with van der Waals surface area (Å²) in [5.74, 6) is 0.306. The van der Waals surface area contributed by atoms with Crippen LogP contribution in [0.5, 0.6) is 5.75 Å². The average Bonchev–Trinajstić information content (AvgIpc) is 1.95. The van der Waals surface area contributed by atoms with Crippen molar-refractivity contribution in [2.75, 3.05) is 6.54 Å². The molecule has 0 aliphatic rings. The third kappa shape index (κ3) is 3.77. The fourth-order valence-corrected chi connectivity index (χ4v) is 0.829. The van der Waals surface area contributed by atoms with Crippen LogP contribution in [0.1, 0.15) is 6.99 Å². The van der Waals surface area contributed by atoms with Gasteiger partial charge in [-0.2, -0.15) is 0 Å². The number of phenols is 1. The Balaban J connectivity index is 0. The smallest absolute Gasteiger partial charge is 1.00 e. The van der Waals surface area contributed by atoms with Crippen molar-refractivity contribution in [3.8, 4) is 5.75 Å².